The zero-order valence-electron chi connectivity index (χ0n) is 9.71. The Hall–Kier alpha value is -0.650. The molecule has 1 heterocycles. The molecule has 0 radical (unpaired) electrons. The number of nitrogens with one attached hydrogen (secondary N) is 1. The second-order valence-electron chi connectivity index (χ2n) is 3.96. The predicted octanol–water partition coefficient (Wildman–Crippen LogP) is -0.530. The van der Waals surface area contributed by atoms with Crippen molar-refractivity contribution in [3.05, 3.63) is 0 Å². The van der Waals surface area contributed by atoms with Gasteiger partial charge in [0.1, 0.15) is 5.54 Å². The maximum Gasteiger partial charge on any atom is 0.327 e. The van der Waals surface area contributed by atoms with Gasteiger partial charge in [0.2, 0.25) is 0 Å². The Bertz CT molecular complexity index is 217. The Kier molecular flexibility index (Phi) is 4.50. The average Bonchev–Trinajstić information content (AvgIpc) is 2.29. The zero-order valence-corrected chi connectivity index (χ0v) is 9.71. The van der Waals surface area contributed by atoms with Crippen LogP contribution in [0, 0.1) is 0 Å². The zero-order chi connectivity index (χ0) is 11.3. The molecule has 88 valence electrons. The van der Waals surface area contributed by atoms with Crippen molar-refractivity contribution in [3.63, 3.8) is 0 Å². The van der Waals surface area contributed by atoms with Gasteiger partial charge in [0.15, 0.2) is 0 Å². The fraction of sp³-hybridized carbons (Fsp3) is 0.900. The summed E-state index contributed by atoms with van der Waals surface area (Å²) < 4.78 is 10.0. The summed E-state index contributed by atoms with van der Waals surface area (Å²) in [6.45, 7) is 5.72. The Morgan fingerprint density at radius 1 is 1.53 bits per heavy atom. The number of nitrogens with zero attached hydrogens (tertiary/aromatic N) is 1. The van der Waals surface area contributed by atoms with Crippen molar-refractivity contribution in [1.82, 2.24) is 10.2 Å². The van der Waals surface area contributed by atoms with Gasteiger partial charge >= 0.3 is 5.97 Å². The van der Waals surface area contributed by atoms with E-state index in [1.165, 1.54) is 7.11 Å². The first-order valence-electron chi connectivity index (χ1n) is 5.20. The van der Waals surface area contributed by atoms with Crippen LogP contribution >= 0.6 is 0 Å². The summed E-state index contributed by atoms with van der Waals surface area (Å²) in [7, 11) is 3.19. The van der Waals surface area contributed by atoms with Crippen LogP contribution in [0.15, 0.2) is 0 Å². The highest BCUT2D eigenvalue weighted by molar-refractivity contribution is 5.80. The number of likely N-dealkylation sites (N-methyl/N-ethyl adjacent to an activating group) is 1. The summed E-state index contributed by atoms with van der Waals surface area (Å²) in [5.41, 5.74) is -0.633. The highest BCUT2D eigenvalue weighted by atomic mass is 16.5. The monoisotopic (exact) mass is 216 g/mol. The lowest BCUT2D eigenvalue weighted by Gasteiger charge is -2.34. The molecule has 0 aromatic heterocycles. The molecule has 1 unspecified atom stereocenters. The summed E-state index contributed by atoms with van der Waals surface area (Å²) >= 11 is 0. The molecular weight excluding hydrogens is 196 g/mol. The van der Waals surface area contributed by atoms with E-state index >= 15 is 0 Å². The number of carbonyl (C=O) groups is 1. The van der Waals surface area contributed by atoms with E-state index < -0.39 is 5.54 Å². The van der Waals surface area contributed by atoms with E-state index in [4.69, 9.17) is 9.47 Å². The van der Waals surface area contributed by atoms with Gasteiger partial charge in [0.25, 0.3) is 0 Å². The Balaban J connectivity index is 2.54. The van der Waals surface area contributed by atoms with Crippen LogP contribution in [0.3, 0.4) is 0 Å². The minimum absolute atomic E-state index is 0.225. The first-order valence-corrected chi connectivity index (χ1v) is 5.20. The maximum absolute atomic E-state index is 11.6. The van der Waals surface area contributed by atoms with Gasteiger partial charge in [0.05, 0.1) is 20.3 Å². The van der Waals surface area contributed by atoms with Crippen molar-refractivity contribution in [2.75, 3.05) is 47.0 Å². The van der Waals surface area contributed by atoms with Gasteiger partial charge in [-0.15, -0.1) is 0 Å². The Labute approximate surface area is 90.7 Å². The van der Waals surface area contributed by atoms with E-state index in [-0.39, 0.29) is 5.97 Å². The van der Waals surface area contributed by atoms with Crippen LogP contribution in [0.2, 0.25) is 0 Å². The Morgan fingerprint density at radius 2 is 2.13 bits per heavy atom. The van der Waals surface area contributed by atoms with Crippen LogP contribution in [0.1, 0.15) is 6.92 Å². The van der Waals surface area contributed by atoms with Crippen LogP contribution in [0.5, 0.6) is 0 Å². The molecule has 1 rings (SSSR count). The van der Waals surface area contributed by atoms with Gasteiger partial charge in [-0.05, 0) is 14.0 Å². The van der Waals surface area contributed by atoms with Crippen molar-refractivity contribution in [2.45, 2.75) is 12.5 Å². The number of hydrogen-bond acceptors (Lipinski definition) is 5. The molecule has 15 heavy (non-hydrogen) atoms. The molecule has 1 aliphatic rings. The molecule has 1 atom stereocenters. The average molecular weight is 216 g/mol. The van der Waals surface area contributed by atoms with Crippen molar-refractivity contribution >= 4 is 5.97 Å². The van der Waals surface area contributed by atoms with Crippen molar-refractivity contribution < 1.29 is 14.3 Å². The predicted molar refractivity (Wildman–Crippen MR) is 56.7 cm³/mol. The number of rotatable bonds is 4. The third-order valence-electron chi connectivity index (χ3n) is 2.83. The quantitative estimate of drug-likeness (QED) is 0.640. The number of hydrogen-bond donors (Lipinski definition) is 1. The first-order chi connectivity index (χ1) is 7.12. The van der Waals surface area contributed by atoms with Crippen LogP contribution in [0.25, 0.3) is 0 Å². The third kappa shape index (κ3) is 3.15. The number of morpholine rings is 1. The molecule has 1 aliphatic heterocycles. The molecule has 5 nitrogen and oxygen atoms in total. The molecule has 0 saturated carbocycles. The highest BCUT2D eigenvalue weighted by Gasteiger charge is 2.34. The largest absolute Gasteiger partial charge is 0.468 e. The molecule has 1 fully saturated rings. The summed E-state index contributed by atoms with van der Waals surface area (Å²) in [4.78, 5) is 13.8. The van der Waals surface area contributed by atoms with E-state index in [0.717, 1.165) is 26.3 Å². The van der Waals surface area contributed by atoms with Gasteiger partial charge in [-0.3, -0.25) is 9.69 Å². The molecule has 0 spiro atoms. The molecule has 0 aliphatic carbocycles. The molecule has 0 aromatic carbocycles. The van der Waals surface area contributed by atoms with Gasteiger partial charge in [0, 0.05) is 19.6 Å². The molecule has 0 amide bonds. The molecule has 5 heteroatoms. The van der Waals surface area contributed by atoms with E-state index in [0.29, 0.717) is 6.54 Å². The smallest absolute Gasteiger partial charge is 0.327 e. The fourth-order valence-corrected chi connectivity index (χ4v) is 1.68. The SMILES string of the molecule is CNC(C)(CN1CCOCC1)C(=O)OC. The van der Waals surface area contributed by atoms with E-state index in [9.17, 15) is 4.79 Å². The van der Waals surface area contributed by atoms with Crippen LogP contribution < -0.4 is 5.32 Å². The van der Waals surface area contributed by atoms with Crippen LogP contribution in [-0.4, -0.2) is 63.4 Å². The van der Waals surface area contributed by atoms with Crippen molar-refractivity contribution in [3.8, 4) is 0 Å². The molecule has 1 saturated heterocycles. The van der Waals surface area contributed by atoms with Gasteiger partial charge < -0.3 is 14.8 Å². The minimum Gasteiger partial charge on any atom is -0.468 e. The fourth-order valence-electron chi connectivity index (χ4n) is 1.68. The number of carbonyl (C=O) groups excluding carboxylic acids is 1. The normalized spacial score (nSPS) is 22.1. The Morgan fingerprint density at radius 3 is 2.60 bits per heavy atom. The second kappa shape index (κ2) is 5.44. The molecule has 1 N–H and O–H groups in total. The summed E-state index contributed by atoms with van der Waals surface area (Å²) in [5, 5.41) is 3.02. The standard InChI is InChI=1S/C10H20N2O3/c1-10(11-2,9(13)14-3)8-12-4-6-15-7-5-12/h11H,4-8H2,1-3H3. The third-order valence-corrected chi connectivity index (χ3v) is 2.83. The van der Waals surface area contributed by atoms with Crippen LogP contribution in [0.4, 0.5) is 0 Å². The van der Waals surface area contributed by atoms with Gasteiger partial charge in [-0.1, -0.05) is 0 Å². The number of ether oxygens (including phenoxy) is 2. The molecule has 0 bridgehead atoms. The lowest BCUT2D eigenvalue weighted by molar-refractivity contribution is -0.149. The minimum atomic E-state index is -0.633. The molecular formula is C10H20N2O3. The topological polar surface area (TPSA) is 50.8 Å². The van der Waals surface area contributed by atoms with E-state index in [1.54, 1.807) is 7.05 Å². The number of methoxy groups -OCH3 is 1. The maximum atomic E-state index is 11.6. The lowest BCUT2D eigenvalue weighted by atomic mass is 10.0. The first kappa shape index (κ1) is 12.4. The van der Waals surface area contributed by atoms with Crippen molar-refractivity contribution in [1.29, 1.82) is 0 Å². The van der Waals surface area contributed by atoms with Gasteiger partial charge in [-0.2, -0.15) is 0 Å². The summed E-state index contributed by atoms with van der Waals surface area (Å²) in [6, 6.07) is 0. The number of esters is 1. The van der Waals surface area contributed by atoms with E-state index in [2.05, 4.69) is 10.2 Å². The van der Waals surface area contributed by atoms with Crippen LogP contribution in [-0.2, 0) is 14.3 Å². The summed E-state index contributed by atoms with van der Waals surface area (Å²) in [6.07, 6.45) is 0. The highest BCUT2D eigenvalue weighted by Crippen LogP contribution is 2.10. The van der Waals surface area contributed by atoms with E-state index in [1.807, 2.05) is 6.92 Å². The summed E-state index contributed by atoms with van der Waals surface area (Å²) in [5.74, 6) is -0.225. The second-order valence-corrected chi connectivity index (χ2v) is 3.96. The lowest BCUT2D eigenvalue weighted by Crippen LogP contribution is -2.57. The molecule has 0 aromatic rings. The van der Waals surface area contributed by atoms with Gasteiger partial charge in [-0.25, -0.2) is 0 Å². The van der Waals surface area contributed by atoms with Crippen molar-refractivity contribution in [2.24, 2.45) is 0 Å².